The summed E-state index contributed by atoms with van der Waals surface area (Å²) in [6, 6.07) is 17.0. The normalized spacial score (nSPS) is 11.8. The van der Waals surface area contributed by atoms with E-state index >= 15 is 0 Å². The van der Waals surface area contributed by atoms with E-state index in [1.807, 2.05) is 54.6 Å². The van der Waals surface area contributed by atoms with Crippen LogP contribution < -0.4 is 14.8 Å². The Morgan fingerprint density at radius 2 is 1.73 bits per heavy atom. The predicted molar refractivity (Wildman–Crippen MR) is 104 cm³/mol. The average Bonchev–Trinajstić information content (AvgIpc) is 2.70. The quantitative estimate of drug-likeness (QED) is 0.664. The van der Waals surface area contributed by atoms with Crippen molar-refractivity contribution in [2.24, 2.45) is 0 Å². The molecule has 1 amide bonds. The van der Waals surface area contributed by atoms with Crippen molar-refractivity contribution in [1.82, 2.24) is 10.2 Å². The SMILES string of the molecule is CCN(CC)C(C(=O)NCCOc1cccc(OC)c1)c1ccccc1. The van der Waals surface area contributed by atoms with Gasteiger partial charge in [-0.2, -0.15) is 0 Å². The summed E-state index contributed by atoms with van der Waals surface area (Å²) in [6.45, 7) is 6.60. The maximum Gasteiger partial charge on any atom is 0.242 e. The van der Waals surface area contributed by atoms with Crippen LogP contribution >= 0.6 is 0 Å². The highest BCUT2D eigenvalue weighted by Gasteiger charge is 2.25. The fourth-order valence-electron chi connectivity index (χ4n) is 2.88. The summed E-state index contributed by atoms with van der Waals surface area (Å²) in [5.74, 6) is 1.47. The van der Waals surface area contributed by atoms with Gasteiger partial charge in [0.2, 0.25) is 5.91 Å². The molecule has 5 heteroatoms. The van der Waals surface area contributed by atoms with Gasteiger partial charge in [0.15, 0.2) is 0 Å². The Labute approximate surface area is 155 Å². The molecule has 1 atom stereocenters. The highest BCUT2D eigenvalue weighted by atomic mass is 16.5. The standard InChI is InChI=1S/C21H28N2O3/c1-4-23(5-2)20(17-10-7-6-8-11-17)21(24)22-14-15-26-19-13-9-12-18(16-19)25-3/h6-13,16,20H,4-5,14-15H2,1-3H3,(H,22,24). The Balaban J connectivity index is 1.92. The van der Waals surface area contributed by atoms with Crippen LogP contribution in [0.5, 0.6) is 11.5 Å². The number of rotatable bonds is 10. The number of hydrogen-bond acceptors (Lipinski definition) is 4. The van der Waals surface area contributed by atoms with E-state index in [0.29, 0.717) is 13.2 Å². The van der Waals surface area contributed by atoms with E-state index in [2.05, 4.69) is 24.1 Å². The first-order valence-electron chi connectivity index (χ1n) is 9.03. The second kappa shape index (κ2) is 10.5. The van der Waals surface area contributed by atoms with Crippen molar-refractivity contribution in [3.8, 4) is 11.5 Å². The molecule has 2 aromatic rings. The largest absolute Gasteiger partial charge is 0.497 e. The van der Waals surface area contributed by atoms with Crippen LogP contribution in [0.15, 0.2) is 54.6 Å². The number of nitrogens with zero attached hydrogens (tertiary/aromatic N) is 1. The van der Waals surface area contributed by atoms with Gasteiger partial charge < -0.3 is 14.8 Å². The van der Waals surface area contributed by atoms with E-state index in [1.165, 1.54) is 0 Å². The first-order valence-corrected chi connectivity index (χ1v) is 9.03. The number of ether oxygens (including phenoxy) is 2. The van der Waals surface area contributed by atoms with Crippen molar-refractivity contribution in [2.75, 3.05) is 33.4 Å². The lowest BCUT2D eigenvalue weighted by Crippen LogP contribution is -2.41. The Morgan fingerprint density at radius 3 is 2.38 bits per heavy atom. The summed E-state index contributed by atoms with van der Waals surface area (Å²) >= 11 is 0. The van der Waals surface area contributed by atoms with Gasteiger partial charge in [0.1, 0.15) is 24.1 Å². The molecule has 0 spiro atoms. The molecule has 140 valence electrons. The van der Waals surface area contributed by atoms with Crippen LogP contribution in [-0.4, -0.2) is 44.2 Å². The Bertz CT molecular complexity index is 672. The molecule has 0 aliphatic carbocycles. The van der Waals surface area contributed by atoms with E-state index in [4.69, 9.17) is 9.47 Å². The van der Waals surface area contributed by atoms with Gasteiger partial charge in [-0.25, -0.2) is 0 Å². The molecule has 5 nitrogen and oxygen atoms in total. The highest BCUT2D eigenvalue weighted by molar-refractivity contribution is 5.83. The van der Waals surface area contributed by atoms with Crippen molar-refractivity contribution in [3.63, 3.8) is 0 Å². The zero-order valence-electron chi connectivity index (χ0n) is 15.8. The molecule has 0 aliphatic rings. The number of likely N-dealkylation sites (N-methyl/N-ethyl adjacent to an activating group) is 1. The van der Waals surface area contributed by atoms with Crippen LogP contribution in [0.1, 0.15) is 25.5 Å². The van der Waals surface area contributed by atoms with Crippen LogP contribution in [0, 0.1) is 0 Å². The number of carbonyl (C=O) groups is 1. The lowest BCUT2D eigenvalue weighted by Gasteiger charge is -2.29. The average molecular weight is 356 g/mol. The number of methoxy groups -OCH3 is 1. The topological polar surface area (TPSA) is 50.8 Å². The summed E-state index contributed by atoms with van der Waals surface area (Å²) < 4.78 is 10.9. The van der Waals surface area contributed by atoms with E-state index in [1.54, 1.807) is 7.11 Å². The number of nitrogens with one attached hydrogen (secondary N) is 1. The summed E-state index contributed by atoms with van der Waals surface area (Å²) in [5, 5.41) is 2.99. The van der Waals surface area contributed by atoms with Crippen molar-refractivity contribution >= 4 is 5.91 Å². The minimum absolute atomic E-state index is 0.00542. The summed E-state index contributed by atoms with van der Waals surface area (Å²) in [6.07, 6.45) is 0. The fourth-order valence-corrected chi connectivity index (χ4v) is 2.88. The third kappa shape index (κ3) is 5.49. The molecule has 1 unspecified atom stereocenters. The summed E-state index contributed by atoms with van der Waals surface area (Å²) in [5.41, 5.74) is 1.00. The van der Waals surface area contributed by atoms with E-state index in [9.17, 15) is 4.79 Å². The molecule has 0 saturated carbocycles. The number of carbonyl (C=O) groups excluding carboxylic acids is 1. The van der Waals surface area contributed by atoms with Gasteiger partial charge >= 0.3 is 0 Å². The monoisotopic (exact) mass is 356 g/mol. The molecular weight excluding hydrogens is 328 g/mol. The lowest BCUT2D eigenvalue weighted by atomic mass is 10.0. The molecule has 0 saturated heterocycles. The summed E-state index contributed by atoms with van der Waals surface area (Å²) in [4.78, 5) is 14.9. The van der Waals surface area contributed by atoms with Crippen molar-refractivity contribution in [2.45, 2.75) is 19.9 Å². The van der Waals surface area contributed by atoms with Gasteiger partial charge in [-0.15, -0.1) is 0 Å². The van der Waals surface area contributed by atoms with E-state index in [0.717, 1.165) is 30.2 Å². The third-order valence-corrected chi connectivity index (χ3v) is 4.25. The van der Waals surface area contributed by atoms with Gasteiger partial charge in [-0.05, 0) is 30.8 Å². The lowest BCUT2D eigenvalue weighted by molar-refractivity contribution is -0.126. The van der Waals surface area contributed by atoms with Crippen LogP contribution in [0.4, 0.5) is 0 Å². The first-order chi connectivity index (χ1) is 12.7. The third-order valence-electron chi connectivity index (χ3n) is 4.25. The van der Waals surface area contributed by atoms with Crippen molar-refractivity contribution in [1.29, 1.82) is 0 Å². The Kier molecular flexibility index (Phi) is 7.96. The molecule has 0 aromatic heterocycles. The Morgan fingerprint density at radius 1 is 1.04 bits per heavy atom. The molecule has 2 aromatic carbocycles. The zero-order valence-corrected chi connectivity index (χ0v) is 15.8. The van der Waals surface area contributed by atoms with Gasteiger partial charge in [-0.3, -0.25) is 9.69 Å². The second-order valence-corrected chi connectivity index (χ2v) is 5.85. The Hall–Kier alpha value is -2.53. The molecule has 26 heavy (non-hydrogen) atoms. The molecule has 0 heterocycles. The molecule has 0 fully saturated rings. The van der Waals surface area contributed by atoms with Gasteiger partial charge in [-0.1, -0.05) is 50.2 Å². The van der Waals surface area contributed by atoms with Gasteiger partial charge in [0.25, 0.3) is 0 Å². The molecule has 2 rings (SSSR count). The number of hydrogen-bond donors (Lipinski definition) is 1. The molecular formula is C21H28N2O3. The first kappa shape index (κ1) is 19.8. The predicted octanol–water partition coefficient (Wildman–Crippen LogP) is 3.27. The minimum atomic E-state index is -0.289. The van der Waals surface area contributed by atoms with Gasteiger partial charge in [0.05, 0.1) is 13.7 Å². The van der Waals surface area contributed by atoms with Crippen molar-refractivity contribution in [3.05, 3.63) is 60.2 Å². The molecule has 0 bridgehead atoms. The number of benzene rings is 2. The zero-order chi connectivity index (χ0) is 18.8. The summed E-state index contributed by atoms with van der Waals surface area (Å²) in [7, 11) is 1.62. The maximum atomic E-state index is 12.8. The van der Waals surface area contributed by atoms with Gasteiger partial charge in [0, 0.05) is 6.07 Å². The highest BCUT2D eigenvalue weighted by Crippen LogP contribution is 2.21. The van der Waals surface area contributed by atoms with Crippen LogP contribution in [0.3, 0.4) is 0 Å². The number of amides is 1. The molecule has 0 aliphatic heterocycles. The van der Waals surface area contributed by atoms with E-state index in [-0.39, 0.29) is 11.9 Å². The van der Waals surface area contributed by atoms with Crippen LogP contribution in [0.2, 0.25) is 0 Å². The van der Waals surface area contributed by atoms with Crippen molar-refractivity contribution < 1.29 is 14.3 Å². The minimum Gasteiger partial charge on any atom is -0.497 e. The second-order valence-electron chi connectivity index (χ2n) is 5.85. The van der Waals surface area contributed by atoms with Crippen LogP contribution in [0.25, 0.3) is 0 Å². The maximum absolute atomic E-state index is 12.8. The van der Waals surface area contributed by atoms with Crippen LogP contribution in [-0.2, 0) is 4.79 Å². The van der Waals surface area contributed by atoms with E-state index < -0.39 is 0 Å². The smallest absolute Gasteiger partial charge is 0.242 e. The molecule has 0 radical (unpaired) electrons. The fraction of sp³-hybridized carbons (Fsp3) is 0.381. The molecule has 1 N–H and O–H groups in total.